The summed E-state index contributed by atoms with van der Waals surface area (Å²) in [4.78, 5) is 16.6. The van der Waals surface area contributed by atoms with Crippen molar-refractivity contribution < 1.29 is 9.53 Å². The zero-order valence-electron chi connectivity index (χ0n) is 14.8. The molecule has 3 heterocycles. The molecule has 8 heteroatoms. The number of hydrogen-bond acceptors (Lipinski definition) is 5. The first-order valence-corrected chi connectivity index (χ1v) is 9.25. The van der Waals surface area contributed by atoms with Crippen molar-refractivity contribution in [1.29, 1.82) is 0 Å². The molecule has 0 spiro atoms. The van der Waals surface area contributed by atoms with Gasteiger partial charge in [-0.05, 0) is 19.1 Å². The first kappa shape index (κ1) is 16.7. The Kier molecular flexibility index (Phi) is 4.20. The van der Waals surface area contributed by atoms with Gasteiger partial charge in [-0.25, -0.2) is 4.98 Å². The van der Waals surface area contributed by atoms with E-state index in [-0.39, 0.29) is 11.2 Å². The van der Waals surface area contributed by atoms with Crippen molar-refractivity contribution in [3.8, 4) is 11.4 Å². The molecule has 134 valence electrons. The lowest BCUT2D eigenvalue weighted by Gasteiger charge is -2.18. The van der Waals surface area contributed by atoms with Crippen molar-refractivity contribution in [2.45, 2.75) is 12.2 Å². The number of ether oxygens (including phenoxy) is 1. The van der Waals surface area contributed by atoms with Gasteiger partial charge in [0.05, 0.1) is 35.7 Å². The van der Waals surface area contributed by atoms with E-state index in [0.717, 1.165) is 28.4 Å². The molecule has 1 aliphatic heterocycles. The maximum atomic E-state index is 12.1. The highest BCUT2D eigenvalue weighted by Gasteiger charge is 2.31. The smallest absolute Gasteiger partial charge is 0.235 e. The predicted octanol–water partition coefficient (Wildman–Crippen LogP) is 2.70. The van der Waals surface area contributed by atoms with Crippen LogP contribution in [0.3, 0.4) is 0 Å². The molecule has 0 radical (unpaired) electrons. The molecule has 1 amide bonds. The topological polar surface area (TPSA) is 74.0 Å². The molecule has 0 saturated carbocycles. The average Bonchev–Trinajstić information content (AvgIpc) is 3.16. The van der Waals surface area contributed by atoms with Crippen LogP contribution in [0.4, 0.5) is 5.82 Å². The van der Waals surface area contributed by atoms with Gasteiger partial charge < -0.3 is 10.1 Å². The molecule has 0 aliphatic carbocycles. The quantitative estimate of drug-likeness (QED) is 0.768. The lowest BCUT2D eigenvalue weighted by molar-refractivity contribution is -0.113. The van der Waals surface area contributed by atoms with Crippen LogP contribution in [-0.2, 0) is 11.8 Å². The van der Waals surface area contributed by atoms with E-state index in [4.69, 9.17) is 4.74 Å². The molecular formula is C18H19N5O2S. The number of aromatic nitrogens is 4. The molecule has 1 aromatic carbocycles. The summed E-state index contributed by atoms with van der Waals surface area (Å²) in [5.74, 6) is 1.68. The highest BCUT2D eigenvalue weighted by Crippen LogP contribution is 2.43. The SMILES string of the molecule is COc1cccc(-n2cnc3c2[C@@H](c2cnn(C)c2C)SCC(=O)N3)c1. The molecule has 1 aliphatic rings. The van der Waals surface area contributed by atoms with Gasteiger partial charge in [-0.15, -0.1) is 11.8 Å². The van der Waals surface area contributed by atoms with Crippen LogP contribution in [0.5, 0.6) is 5.75 Å². The monoisotopic (exact) mass is 369 g/mol. The third kappa shape index (κ3) is 2.76. The number of fused-ring (bicyclic) bond motifs is 1. The molecule has 0 bridgehead atoms. The van der Waals surface area contributed by atoms with Gasteiger partial charge in [0.2, 0.25) is 5.91 Å². The van der Waals surface area contributed by atoms with Gasteiger partial charge in [0, 0.05) is 24.4 Å². The first-order valence-electron chi connectivity index (χ1n) is 8.20. The van der Waals surface area contributed by atoms with Gasteiger partial charge in [-0.2, -0.15) is 5.10 Å². The van der Waals surface area contributed by atoms with Crippen molar-refractivity contribution in [1.82, 2.24) is 19.3 Å². The van der Waals surface area contributed by atoms with E-state index in [1.54, 1.807) is 25.2 Å². The summed E-state index contributed by atoms with van der Waals surface area (Å²) in [6.45, 7) is 2.04. The van der Waals surface area contributed by atoms with Crippen LogP contribution in [0.25, 0.3) is 5.69 Å². The Bertz CT molecular complexity index is 978. The Morgan fingerprint density at radius 1 is 1.38 bits per heavy atom. The molecule has 1 atom stereocenters. The number of methoxy groups -OCH3 is 1. The largest absolute Gasteiger partial charge is 0.497 e. The third-order valence-corrected chi connectivity index (χ3v) is 5.82. The second-order valence-corrected chi connectivity index (χ2v) is 7.19. The minimum Gasteiger partial charge on any atom is -0.497 e. The van der Waals surface area contributed by atoms with E-state index < -0.39 is 0 Å². The first-order chi connectivity index (χ1) is 12.6. The normalized spacial score (nSPS) is 16.7. The zero-order chi connectivity index (χ0) is 18.3. The number of benzene rings is 1. The fourth-order valence-electron chi connectivity index (χ4n) is 3.09. The second kappa shape index (κ2) is 6.53. The number of thioether (sulfide) groups is 1. The fourth-order valence-corrected chi connectivity index (χ4v) is 4.27. The van der Waals surface area contributed by atoms with Crippen LogP contribution in [0.2, 0.25) is 0 Å². The van der Waals surface area contributed by atoms with Crippen molar-refractivity contribution in [3.05, 3.63) is 53.7 Å². The van der Waals surface area contributed by atoms with Crippen LogP contribution in [-0.4, -0.2) is 38.1 Å². The number of carbonyl (C=O) groups excluding carboxylic acids is 1. The van der Waals surface area contributed by atoms with Crippen LogP contribution in [0, 0.1) is 6.92 Å². The van der Waals surface area contributed by atoms with Crippen LogP contribution < -0.4 is 10.1 Å². The maximum Gasteiger partial charge on any atom is 0.235 e. The molecule has 1 N–H and O–H groups in total. The molecule has 3 aromatic rings. The molecule has 0 unspecified atom stereocenters. The van der Waals surface area contributed by atoms with Crippen LogP contribution in [0.1, 0.15) is 22.2 Å². The standard InChI is InChI=1S/C18H19N5O2S/c1-11-14(8-20-22(11)2)17-16-18(21-15(24)9-26-17)19-10-23(16)12-5-4-6-13(7-12)25-3/h4-8,10,17H,9H2,1-3H3,(H,21,24)/t17-/m1/s1. The highest BCUT2D eigenvalue weighted by atomic mass is 32.2. The predicted molar refractivity (Wildman–Crippen MR) is 101 cm³/mol. The number of hydrogen-bond donors (Lipinski definition) is 1. The molecular weight excluding hydrogens is 350 g/mol. The van der Waals surface area contributed by atoms with Gasteiger partial charge in [0.15, 0.2) is 5.82 Å². The summed E-state index contributed by atoms with van der Waals surface area (Å²) in [5.41, 5.74) is 4.02. The summed E-state index contributed by atoms with van der Waals surface area (Å²) in [6, 6.07) is 7.78. The van der Waals surface area contributed by atoms with Crippen LogP contribution >= 0.6 is 11.8 Å². The summed E-state index contributed by atoms with van der Waals surface area (Å²) >= 11 is 1.58. The number of carbonyl (C=O) groups is 1. The number of anilines is 1. The van der Waals surface area contributed by atoms with E-state index >= 15 is 0 Å². The van der Waals surface area contributed by atoms with Gasteiger partial charge in [-0.1, -0.05) is 6.07 Å². The molecule has 4 rings (SSSR count). The Hall–Kier alpha value is -2.74. The maximum absolute atomic E-state index is 12.1. The van der Waals surface area contributed by atoms with E-state index in [9.17, 15) is 4.79 Å². The molecule has 0 fully saturated rings. The lowest BCUT2D eigenvalue weighted by atomic mass is 10.1. The Labute approximate surface area is 155 Å². The van der Waals surface area contributed by atoms with E-state index in [1.807, 2.05) is 53.7 Å². The van der Waals surface area contributed by atoms with Crippen molar-refractivity contribution in [2.24, 2.45) is 7.05 Å². The van der Waals surface area contributed by atoms with Crippen molar-refractivity contribution in [2.75, 3.05) is 18.2 Å². The molecule has 0 saturated heterocycles. The number of nitrogens with zero attached hydrogens (tertiary/aromatic N) is 4. The Morgan fingerprint density at radius 3 is 2.96 bits per heavy atom. The Morgan fingerprint density at radius 2 is 2.23 bits per heavy atom. The number of nitrogens with one attached hydrogen (secondary N) is 1. The van der Waals surface area contributed by atoms with Crippen LogP contribution in [0.15, 0.2) is 36.8 Å². The van der Waals surface area contributed by atoms with E-state index in [2.05, 4.69) is 15.4 Å². The molecule has 2 aromatic heterocycles. The number of amides is 1. The van der Waals surface area contributed by atoms with E-state index in [1.165, 1.54) is 0 Å². The zero-order valence-corrected chi connectivity index (χ0v) is 15.6. The summed E-state index contributed by atoms with van der Waals surface area (Å²) in [7, 11) is 3.56. The van der Waals surface area contributed by atoms with Gasteiger partial charge >= 0.3 is 0 Å². The molecule has 7 nitrogen and oxygen atoms in total. The van der Waals surface area contributed by atoms with E-state index in [0.29, 0.717) is 11.6 Å². The lowest BCUT2D eigenvalue weighted by Crippen LogP contribution is -2.12. The fraction of sp³-hybridized carbons (Fsp3) is 0.278. The van der Waals surface area contributed by atoms with Gasteiger partial charge in [0.25, 0.3) is 0 Å². The summed E-state index contributed by atoms with van der Waals surface area (Å²) in [5, 5.41) is 7.24. The average molecular weight is 369 g/mol. The summed E-state index contributed by atoms with van der Waals surface area (Å²) < 4.78 is 9.21. The summed E-state index contributed by atoms with van der Waals surface area (Å²) in [6.07, 6.45) is 3.61. The minimum atomic E-state index is -0.0497. The van der Waals surface area contributed by atoms with Gasteiger partial charge in [-0.3, -0.25) is 14.0 Å². The van der Waals surface area contributed by atoms with Crippen molar-refractivity contribution >= 4 is 23.5 Å². The second-order valence-electron chi connectivity index (χ2n) is 6.10. The van der Waals surface area contributed by atoms with Gasteiger partial charge in [0.1, 0.15) is 12.1 Å². The number of rotatable bonds is 3. The number of aryl methyl sites for hydroxylation is 1. The molecule has 26 heavy (non-hydrogen) atoms. The number of imidazole rings is 1. The van der Waals surface area contributed by atoms with Crippen molar-refractivity contribution in [3.63, 3.8) is 0 Å². The highest BCUT2D eigenvalue weighted by molar-refractivity contribution is 8.00. The third-order valence-electron chi connectivity index (χ3n) is 4.58. The minimum absolute atomic E-state index is 0.0452. The Balaban J connectivity index is 1.89.